The normalized spacial score (nSPS) is 16.8. The van der Waals surface area contributed by atoms with Gasteiger partial charge in [0.1, 0.15) is 0 Å². The number of nitrogens with one attached hydrogen (secondary N) is 1. The Morgan fingerprint density at radius 1 is 1.45 bits per heavy atom. The summed E-state index contributed by atoms with van der Waals surface area (Å²) in [5, 5.41) is 2.95. The fourth-order valence-electron chi connectivity index (χ4n) is 2.26. The molecule has 6 heteroatoms. The van der Waals surface area contributed by atoms with Crippen LogP contribution in [-0.2, 0) is 9.05 Å². The maximum atomic E-state index is 12.1. The van der Waals surface area contributed by atoms with Crippen molar-refractivity contribution < 1.29 is 13.2 Å². The lowest BCUT2D eigenvalue weighted by Crippen LogP contribution is -2.33. The van der Waals surface area contributed by atoms with Crippen LogP contribution in [0.4, 0.5) is 0 Å². The van der Waals surface area contributed by atoms with E-state index in [-0.39, 0.29) is 16.8 Å². The average molecular weight is 316 g/mol. The summed E-state index contributed by atoms with van der Waals surface area (Å²) in [7, 11) is 1.52. The summed E-state index contributed by atoms with van der Waals surface area (Å²) in [6, 6.07) is 4.41. The van der Waals surface area contributed by atoms with Gasteiger partial charge in [-0.1, -0.05) is 12.8 Å². The lowest BCUT2D eigenvalue weighted by atomic mass is 10.1. The molecule has 1 amide bonds. The smallest absolute Gasteiger partial charge is 0.261 e. The summed E-state index contributed by atoms with van der Waals surface area (Å²) >= 11 is 0. The zero-order valence-corrected chi connectivity index (χ0v) is 13.1. The van der Waals surface area contributed by atoms with E-state index >= 15 is 0 Å². The molecule has 2 rings (SSSR count). The van der Waals surface area contributed by atoms with E-state index in [1.54, 1.807) is 6.92 Å². The molecule has 1 aromatic rings. The summed E-state index contributed by atoms with van der Waals surface area (Å²) in [6.45, 7) is 3.69. The molecule has 1 aliphatic rings. The monoisotopic (exact) mass is 315 g/mol. The number of rotatable bonds is 5. The van der Waals surface area contributed by atoms with Gasteiger partial charge in [-0.15, -0.1) is 0 Å². The minimum absolute atomic E-state index is 0.0132. The average Bonchev–Trinajstić information content (AvgIpc) is 3.11. The third-order valence-corrected chi connectivity index (χ3v) is 4.84. The standard InChI is InChI=1S/C14H18ClNO3S/c1-9-7-12(20(15,18)19)5-6-13(9)14(17)16-10(2)8-11-3-4-11/h5-7,10-11H,3-4,8H2,1-2H3,(H,16,17). The molecule has 0 aromatic heterocycles. The summed E-state index contributed by atoms with van der Waals surface area (Å²) in [4.78, 5) is 12.2. The number of amides is 1. The molecule has 1 aliphatic carbocycles. The summed E-state index contributed by atoms with van der Waals surface area (Å²) < 4.78 is 22.5. The van der Waals surface area contributed by atoms with Crippen molar-refractivity contribution in [2.24, 2.45) is 5.92 Å². The molecule has 1 N–H and O–H groups in total. The van der Waals surface area contributed by atoms with Gasteiger partial charge in [0.2, 0.25) is 0 Å². The molecule has 0 bridgehead atoms. The second kappa shape index (κ2) is 5.74. The Labute approximate surface area is 123 Å². The molecular formula is C14H18ClNO3S. The van der Waals surface area contributed by atoms with Gasteiger partial charge in [-0.3, -0.25) is 4.79 Å². The number of aryl methyl sites for hydroxylation is 1. The zero-order chi connectivity index (χ0) is 14.9. The molecule has 0 heterocycles. The maximum absolute atomic E-state index is 12.1. The minimum Gasteiger partial charge on any atom is -0.350 e. The van der Waals surface area contributed by atoms with Crippen molar-refractivity contribution in [3.63, 3.8) is 0 Å². The van der Waals surface area contributed by atoms with Crippen LogP contribution in [0.2, 0.25) is 0 Å². The molecule has 110 valence electrons. The Bertz CT molecular complexity index is 623. The van der Waals surface area contributed by atoms with E-state index in [4.69, 9.17) is 10.7 Å². The van der Waals surface area contributed by atoms with Crippen LogP contribution < -0.4 is 5.32 Å². The highest BCUT2D eigenvalue weighted by Crippen LogP contribution is 2.33. The van der Waals surface area contributed by atoms with Crippen molar-refractivity contribution in [3.05, 3.63) is 29.3 Å². The molecule has 1 fully saturated rings. The Hall–Kier alpha value is -1.07. The van der Waals surface area contributed by atoms with Crippen LogP contribution in [0.25, 0.3) is 0 Å². The van der Waals surface area contributed by atoms with Crippen molar-refractivity contribution in [2.45, 2.75) is 44.0 Å². The van der Waals surface area contributed by atoms with Crippen LogP contribution in [-0.4, -0.2) is 20.4 Å². The van der Waals surface area contributed by atoms with E-state index in [1.165, 1.54) is 31.0 Å². The number of halogens is 1. The first-order chi connectivity index (χ1) is 9.27. The van der Waals surface area contributed by atoms with Gasteiger partial charge < -0.3 is 5.32 Å². The van der Waals surface area contributed by atoms with Crippen LogP contribution in [0.15, 0.2) is 23.1 Å². The number of benzene rings is 1. The van der Waals surface area contributed by atoms with E-state index in [0.717, 1.165) is 12.3 Å². The van der Waals surface area contributed by atoms with Crippen LogP contribution in [0.3, 0.4) is 0 Å². The molecule has 1 saturated carbocycles. The third-order valence-electron chi connectivity index (χ3n) is 3.49. The molecule has 20 heavy (non-hydrogen) atoms. The van der Waals surface area contributed by atoms with Gasteiger partial charge >= 0.3 is 0 Å². The van der Waals surface area contributed by atoms with Gasteiger partial charge in [0.25, 0.3) is 15.0 Å². The highest BCUT2D eigenvalue weighted by molar-refractivity contribution is 8.13. The maximum Gasteiger partial charge on any atom is 0.261 e. The Kier molecular flexibility index (Phi) is 4.39. The molecule has 1 atom stereocenters. The summed E-state index contributed by atoms with van der Waals surface area (Å²) in [5.74, 6) is 0.573. The first-order valence-electron chi connectivity index (χ1n) is 6.63. The fraction of sp³-hybridized carbons (Fsp3) is 0.500. The van der Waals surface area contributed by atoms with Crippen molar-refractivity contribution in [2.75, 3.05) is 0 Å². The number of carbonyl (C=O) groups excluding carboxylic acids is 1. The van der Waals surface area contributed by atoms with Gasteiger partial charge in [-0.05, 0) is 49.9 Å². The molecule has 0 saturated heterocycles. The third kappa shape index (κ3) is 3.96. The zero-order valence-electron chi connectivity index (χ0n) is 11.5. The minimum atomic E-state index is -3.76. The van der Waals surface area contributed by atoms with E-state index in [0.29, 0.717) is 11.1 Å². The van der Waals surface area contributed by atoms with Gasteiger partial charge in [-0.25, -0.2) is 8.42 Å². The van der Waals surface area contributed by atoms with Gasteiger partial charge in [-0.2, -0.15) is 0 Å². The summed E-state index contributed by atoms with van der Waals surface area (Å²) in [6.07, 6.45) is 3.50. The van der Waals surface area contributed by atoms with E-state index in [1.807, 2.05) is 6.92 Å². The largest absolute Gasteiger partial charge is 0.350 e. The van der Waals surface area contributed by atoms with Crippen molar-refractivity contribution in [3.8, 4) is 0 Å². The predicted octanol–water partition coefficient (Wildman–Crippen LogP) is 2.84. The van der Waals surface area contributed by atoms with Crippen LogP contribution >= 0.6 is 10.7 Å². The first kappa shape index (κ1) is 15.3. The quantitative estimate of drug-likeness (QED) is 0.850. The highest BCUT2D eigenvalue weighted by Gasteiger charge is 2.24. The van der Waals surface area contributed by atoms with E-state index in [9.17, 15) is 13.2 Å². The predicted molar refractivity (Wildman–Crippen MR) is 78.5 cm³/mol. The summed E-state index contributed by atoms with van der Waals surface area (Å²) in [5.41, 5.74) is 1.08. The van der Waals surface area contributed by atoms with Crippen LogP contribution in [0.1, 0.15) is 42.1 Å². The lowest BCUT2D eigenvalue weighted by Gasteiger charge is -2.14. The molecule has 0 radical (unpaired) electrons. The second-order valence-electron chi connectivity index (χ2n) is 5.47. The topological polar surface area (TPSA) is 63.2 Å². The molecule has 1 aromatic carbocycles. The fourth-order valence-corrected chi connectivity index (χ4v) is 3.09. The molecule has 0 aliphatic heterocycles. The number of hydrogen-bond donors (Lipinski definition) is 1. The SMILES string of the molecule is Cc1cc(S(=O)(=O)Cl)ccc1C(=O)NC(C)CC1CC1. The lowest BCUT2D eigenvalue weighted by molar-refractivity contribution is 0.0936. The number of carbonyl (C=O) groups is 1. The van der Waals surface area contributed by atoms with Gasteiger partial charge in [0.05, 0.1) is 4.90 Å². The van der Waals surface area contributed by atoms with Crippen LogP contribution in [0.5, 0.6) is 0 Å². The molecule has 4 nitrogen and oxygen atoms in total. The molecule has 0 spiro atoms. The van der Waals surface area contributed by atoms with Crippen molar-refractivity contribution >= 4 is 25.6 Å². The van der Waals surface area contributed by atoms with E-state index < -0.39 is 9.05 Å². The Balaban J connectivity index is 2.09. The van der Waals surface area contributed by atoms with Gasteiger partial charge in [0, 0.05) is 22.3 Å². The highest BCUT2D eigenvalue weighted by atomic mass is 35.7. The Morgan fingerprint density at radius 2 is 2.10 bits per heavy atom. The van der Waals surface area contributed by atoms with Crippen LogP contribution in [0, 0.1) is 12.8 Å². The number of hydrogen-bond acceptors (Lipinski definition) is 3. The molecule has 1 unspecified atom stereocenters. The second-order valence-corrected chi connectivity index (χ2v) is 8.03. The van der Waals surface area contributed by atoms with Gasteiger partial charge in [0.15, 0.2) is 0 Å². The van der Waals surface area contributed by atoms with Crippen molar-refractivity contribution in [1.82, 2.24) is 5.32 Å². The van der Waals surface area contributed by atoms with E-state index in [2.05, 4.69) is 5.32 Å². The Morgan fingerprint density at radius 3 is 2.60 bits per heavy atom. The molecular weight excluding hydrogens is 298 g/mol. The first-order valence-corrected chi connectivity index (χ1v) is 8.94. The van der Waals surface area contributed by atoms with Crippen molar-refractivity contribution in [1.29, 1.82) is 0 Å².